The molecule has 0 aliphatic rings. The van der Waals surface area contributed by atoms with E-state index in [9.17, 15) is 4.79 Å². The van der Waals surface area contributed by atoms with Crippen molar-refractivity contribution in [2.75, 3.05) is 11.1 Å². The molecule has 0 saturated heterocycles. The third-order valence-corrected chi connectivity index (χ3v) is 5.78. The molecular formula is C16H12Cl2N2OS2. The van der Waals surface area contributed by atoms with Gasteiger partial charge in [0.2, 0.25) is 5.91 Å². The molecule has 1 N–H and O–H groups in total. The molecule has 0 fully saturated rings. The van der Waals surface area contributed by atoms with Crippen LogP contribution in [0.25, 0.3) is 10.2 Å². The van der Waals surface area contributed by atoms with Crippen LogP contribution in [0.15, 0.2) is 47.4 Å². The van der Waals surface area contributed by atoms with Crippen molar-refractivity contribution in [3.8, 4) is 0 Å². The highest BCUT2D eigenvalue weighted by Gasteiger charge is 2.12. The predicted octanol–water partition coefficient (Wildman–Crippen LogP) is 5.72. The molecular weight excluding hydrogens is 371 g/mol. The second-order valence-corrected chi connectivity index (χ2v) is 7.67. The third-order valence-electron chi connectivity index (χ3n) is 3.03. The molecule has 1 aromatic heterocycles. The number of nitrogens with zero attached hydrogens (tertiary/aromatic N) is 1. The first kappa shape index (κ1) is 16.6. The van der Waals surface area contributed by atoms with Gasteiger partial charge in [0.15, 0.2) is 5.13 Å². The lowest BCUT2D eigenvalue weighted by molar-refractivity contribution is -0.115. The molecule has 2 aromatic carbocycles. The summed E-state index contributed by atoms with van der Waals surface area (Å²) in [5.74, 6) is 0.641. The molecule has 0 radical (unpaired) electrons. The highest BCUT2D eigenvalue weighted by atomic mass is 35.5. The average Bonchev–Trinajstić information content (AvgIpc) is 2.97. The van der Waals surface area contributed by atoms with E-state index in [1.165, 1.54) is 11.3 Å². The normalized spacial score (nSPS) is 10.9. The number of carbonyl (C=O) groups is 1. The molecule has 1 amide bonds. The largest absolute Gasteiger partial charge is 0.302 e. The SMILES string of the molecule is O=C(CCSc1ccccc1)Nc1nc2c(Cl)ccc(Cl)c2s1. The number of amides is 1. The number of halogens is 2. The lowest BCUT2D eigenvalue weighted by atomic mass is 10.3. The first-order chi connectivity index (χ1) is 11.1. The Morgan fingerprint density at radius 2 is 1.87 bits per heavy atom. The highest BCUT2D eigenvalue weighted by molar-refractivity contribution is 7.99. The summed E-state index contributed by atoms with van der Waals surface area (Å²) in [6, 6.07) is 13.4. The second kappa shape index (κ2) is 7.53. The van der Waals surface area contributed by atoms with E-state index in [1.54, 1.807) is 23.9 Å². The van der Waals surface area contributed by atoms with Crippen LogP contribution in [0.4, 0.5) is 5.13 Å². The molecule has 3 nitrogen and oxygen atoms in total. The molecule has 0 bridgehead atoms. The van der Waals surface area contributed by atoms with Gasteiger partial charge in [-0.05, 0) is 24.3 Å². The first-order valence-electron chi connectivity index (χ1n) is 6.86. The van der Waals surface area contributed by atoms with Crippen LogP contribution in [-0.4, -0.2) is 16.6 Å². The number of anilines is 1. The number of thioether (sulfide) groups is 1. The average molecular weight is 383 g/mol. The van der Waals surface area contributed by atoms with Crippen molar-refractivity contribution >= 4 is 67.6 Å². The minimum atomic E-state index is -0.0697. The van der Waals surface area contributed by atoms with E-state index < -0.39 is 0 Å². The number of aromatic nitrogens is 1. The predicted molar refractivity (Wildman–Crippen MR) is 100 cm³/mol. The molecule has 0 saturated carbocycles. The highest BCUT2D eigenvalue weighted by Crippen LogP contribution is 2.36. The number of hydrogen-bond donors (Lipinski definition) is 1. The summed E-state index contributed by atoms with van der Waals surface area (Å²) >= 11 is 15.2. The Morgan fingerprint density at radius 3 is 2.61 bits per heavy atom. The summed E-state index contributed by atoms with van der Waals surface area (Å²) in [5.41, 5.74) is 0.623. The van der Waals surface area contributed by atoms with Crippen molar-refractivity contribution in [1.82, 2.24) is 4.98 Å². The number of rotatable bonds is 5. The molecule has 1 heterocycles. The van der Waals surface area contributed by atoms with Gasteiger partial charge in [-0.3, -0.25) is 4.79 Å². The molecule has 0 aliphatic carbocycles. The van der Waals surface area contributed by atoms with Crippen molar-refractivity contribution in [2.24, 2.45) is 0 Å². The Bertz CT molecular complexity index is 798. The lowest BCUT2D eigenvalue weighted by Crippen LogP contribution is -2.11. The zero-order chi connectivity index (χ0) is 16.2. The summed E-state index contributed by atoms with van der Waals surface area (Å²) in [4.78, 5) is 17.5. The van der Waals surface area contributed by atoms with E-state index in [2.05, 4.69) is 10.3 Å². The number of carbonyl (C=O) groups excluding carboxylic acids is 1. The minimum Gasteiger partial charge on any atom is -0.302 e. The number of fused-ring (bicyclic) bond motifs is 1. The van der Waals surface area contributed by atoms with E-state index in [0.29, 0.717) is 32.9 Å². The maximum absolute atomic E-state index is 12.0. The molecule has 3 rings (SSSR count). The van der Waals surface area contributed by atoms with Gasteiger partial charge in [0.05, 0.1) is 14.7 Å². The number of thiazole rings is 1. The van der Waals surface area contributed by atoms with Crippen LogP contribution in [0, 0.1) is 0 Å². The quantitative estimate of drug-likeness (QED) is 0.573. The molecule has 3 aromatic rings. The van der Waals surface area contributed by atoms with Gasteiger partial charge in [0, 0.05) is 17.1 Å². The van der Waals surface area contributed by atoms with Crippen molar-refractivity contribution in [1.29, 1.82) is 0 Å². The van der Waals surface area contributed by atoms with Crippen molar-refractivity contribution in [2.45, 2.75) is 11.3 Å². The first-order valence-corrected chi connectivity index (χ1v) is 9.41. The fraction of sp³-hybridized carbons (Fsp3) is 0.125. The van der Waals surface area contributed by atoms with E-state index in [0.717, 1.165) is 9.60 Å². The Labute approximate surface area is 152 Å². The fourth-order valence-corrected chi connectivity index (χ4v) is 4.27. The van der Waals surface area contributed by atoms with Crippen molar-refractivity contribution < 1.29 is 4.79 Å². The van der Waals surface area contributed by atoms with Crippen LogP contribution in [0.3, 0.4) is 0 Å². The van der Waals surface area contributed by atoms with Gasteiger partial charge in [0.1, 0.15) is 5.52 Å². The standard InChI is InChI=1S/C16H12Cl2N2OS2/c17-11-6-7-12(18)15-14(11)20-16(23-15)19-13(21)8-9-22-10-4-2-1-3-5-10/h1-7H,8-9H2,(H,19,20,21). The molecule has 7 heteroatoms. The van der Waals surface area contributed by atoms with Gasteiger partial charge >= 0.3 is 0 Å². The minimum absolute atomic E-state index is 0.0697. The van der Waals surface area contributed by atoms with Crippen LogP contribution in [-0.2, 0) is 4.79 Å². The van der Waals surface area contributed by atoms with E-state index in [-0.39, 0.29) is 5.91 Å². The fourth-order valence-electron chi connectivity index (χ4n) is 1.96. The van der Waals surface area contributed by atoms with E-state index >= 15 is 0 Å². The Morgan fingerprint density at radius 1 is 1.13 bits per heavy atom. The van der Waals surface area contributed by atoms with Crippen molar-refractivity contribution in [3.05, 3.63) is 52.5 Å². The smallest absolute Gasteiger partial charge is 0.226 e. The van der Waals surface area contributed by atoms with Crippen LogP contribution in [0.5, 0.6) is 0 Å². The molecule has 0 atom stereocenters. The van der Waals surface area contributed by atoms with Crippen LogP contribution < -0.4 is 5.32 Å². The number of nitrogens with one attached hydrogen (secondary N) is 1. The summed E-state index contributed by atoms with van der Waals surface area (Å²) in [6.45, 7) is 0. The Hall–Kier alpha value is -1.27. The lowest BCUT2D eigenvalue weighted by Gasteiger charge is -2.02. The van der Waals surface area contributed by atoms with Gasteiger partial charge in [-0.25, -0.2) is 4.98 Å². The topological polar surface area (TPSA) is 42.0 Å². The maximum atomic E-state index is 12.0. The molecule has 118 valence electrons. The molecule has 0 unspecified atom stereocenters. The van der Waals surface area contributed by atoms with E-state index in [1.807, 2.05) is 30.3 Å². The number of benzene rings is 2. The van der Waals surface area contributed by atoms with Gasteiger partial charge in [-0.1, -0.05) is 52.7 Å². The van der Waals surface area contributed by atoms with E-state index in [4.69, 9.17) is 23.2 Å². The second-order valence-electron chi connectivity index (χ2n) is 4.69. The third kappa shape index (κ3) is 4.18. The van der Waals surface area contributed by atoms with Crippen LogP contribution in [0.2, 0.25) is 10.0 Å². The molecule has 0 aliphatic heterocycles. The molecule has 23 heavy (non-hydrogen) atoms. The molecule has 0 spiro atoms. The maximum Gasteiger partial charge on any atom is 0.226 e. The monoisotopic (exact) mass is 382 g/mol. The summed E-state index contributed by atoms with van der Waals surface area (Å²) in [7, 11) is 0. The van der Waals surface area contributed by atoms with Gasteiger partial charge in [0.25, 0.3) is 0 Å². The summed E-state index contributed by atoms with van der Waals surface area (Å²) < 4.78 is 0.785. The van der Waals surface area contributed by atoms with Crippen LogP contribution >= 0.6 is 46.3 Å². The zero-order valence-corrected chi connectivity index (χ0v) is 15.0. The zero-order valence-electron chi connectivity index (χ0n) is 11.9. The Kier molecular flexibility index (Phi) is 5.43. The summed E-state index contributed by atoms with van der Waals surface area (Å²) in [5, 5.41) is 4.44. The van der Waals surface area contributed by atoms with Crippen LogP contribution in [0.1, 0.15) is 6.42 Å². The van der Waals surface area contributed by atoms with Gasteiger partial charge < -0.3 is 5.32 Å². The van der Waals surface area contributed by atoms with Gasteiger partial charge in [-0.15, -0.1) is 11.8 Å². The van der Waals surface area contributed by atoms with Gasteiger partial charge in [-0.2, -0.15) is 0 Å². The number of hydrogen-bond acceptors (Lipinski definition) is 4. The Balaban J connectivity index is 1.60. The van der Waals surface area contributed by atoms with Crippen molar-refractivity contribution in [3.63, 3.8) is 0 Å². The summed E-state index contributed by atoms with van der Waals surface area (Å²) in [6.07, 6.45) is 0.414.